The smallest absolute Gasteiger partial charge is 0.225 e. The van der Waals surface area contributed by atoms with Gasteiger partial charge in [0.15, 0.2) is 0 Å². The van der Waals surface area contributed by atoms with Crippen LogP contribution in [-0.2, 0) is 4.79 Å². The van der Waals surface area contributed by atoms with Crippen LogP contribution in [0.4, 0.5) is 4.39 Å². The van der Waals surface area contributed by atoms with Crippen molar-refractivity contribution in [2.24, 2.45) is 0 Å². The van der Waals surface area contributed by atoms with Gasteiger partial charge in [0.1, 0.15) is 0 Å². The molecule has 0 N–H and O–H groups in total. The lowest BCUT2D eigenvalue weighted by Crippen LogP contribution is -2.50. The minimum Gasteiger partial charge on any atom is -0.340 e. The van der Waals surface area contributed by atoms with Crippen molar-refractivity contribution in [2.75, 3.05) is 19.8 Å². The zero-order chi connectivity index (χ0) is 7.56. The lowest BCUT2D eigenvalue weighted by atomic mass is 10.2. The van der Waals surface area contributed by atoms with E-state index in [9.17, 15) is 9.18 Å². The number of alkyl halides is 2. The molecule has 0 aromatic carbocycles. The first-order valence-corrected chi connectivity index (χ1v) is 4.13. The molecule has 0 aliphatic carbocycles. The fourth-order valence-electron chi connectivity index (χ4n) is 0.867. The molecule has 10 heavy (non-hydrogen) atoms. The molecule has 0 aromatic rings. The number of carbonyl (C=O) groups excluding carboxylic acids is 1. The summed E-state index contributed by atoms with van der Waals surface area (Å²) < 4.78 is 11.6. The molecule has 0 atom stereocenters. The highest BCUT2D eigenvalue weighted by Crippen LogP contribution is 2.16. The van der Waals surface area contributed by atoms with Crippen molar-refractivity contribution in [1.82, 2.24) is 4.90 Å². The Kier molecular flexibility index (Phi) is 2.65. The van der Waals surface area contributed by atoms with Gasteiger partial charge in [-0.15, -0.1) is 0 Å². The number of amides is 1. The Balaban J connectivity index is 2.18. The summed E-state index contributed by atoms with van der Waals surface area (Å²) in [5, 5.41) is 0. The minimum absolute atomic E-state index is 0.0414. The quantitative estimate of drug-likeness (QED) is 0.621. The van der Waals surface area contributed by atoms with E-state index in [4.69, 9.17) is 0 Å². The van der Waals surface area contributed by atoms with Crippen LogP contribution in [0.1, 0.15) is 6.42 Å². The Hall–Kier alpha value is -0.120. The molecule has 0 bridgehead atoms. The third-order valence-electron chi connectivity index (χ3n) is 1.50. The summed E-state index contributed by atoms with van der Waals surface area (Å²) in [6, 6.07) is 0. The summed E-state index contributed by atoms with van der Waals surface area (Å²) in [6.07, 6.45) is 0.0414. The Bertz CT molecular complexity index is 136. The Morgan fingerprint density at radius 2 is 2.30 bits per heavy atom. The summed E-state index contributed by atoms with van der Waals surface area (Å²) in [7, 11) is 0. The van der Waals surface area contributed by atoms with Crippen LogP contribution >= 0.6 is 15.9 Å². The van der Waals surface area contributed by atoms with Crippen molar-refractivity contribution < 1.29 is 9.18 Å². The maximum atomic E-state index is 11.6. The third-order valence-corrected chi connectivity index (χ3v) is 2.08. The number of nitrogens with zero attached hydrogens (tertiary/aromatic N) is 1. The van der Waals surface area contributed by atoms with Crippen LogP contribution < -0.4 is 0 Å². The molecule has 0 radical (unpaired) electrons. The normalized spacial score (nSPS) is 18.8. The van der Waals surface area contributed by atoms with E-state index >= 15 is 0 Å². The average molecular weight is 210 g/mol. The SMILES string of the molecule is O=C(CCF)N1CC(Br)C1. The Morgan fingerprint density at radius 3 is 2.70 bits per heavy atom. The van der Waals surface area contributed by atoms with E-state index in [2.05, 4.69) is 15.9 Å². The van der Waals surface area contributed by atoms with Crippen LogP contribution in [0, 0.1) is 0 Å². The van der Waals surface area contributed by atoms with E-state index in [1.54, 1.807) is 4.90 Å². The molecular weight excluding hydrogens is 201 g/mol. The van der Waals surface area contributed by atoms with Crippen LogP contribution in [0.5, 0.6) is 0 Å². The van der Waals surface area contributed by atoms with Crippen molar-refractivity contribution in [3.8, 4) is 0 Å². The second kappa shape index (κ2) is 3.32. The van der Waals surface area contributed by atoms with Crippen molar-refractivity contribution in [1.29, 1.82) is 0 Å². The predicted molar refractivity (Wildman–Crippen MR) is 39.9 cm³/mol. The topological polar surface area (TPSA) is 20.3 Å². The molecule has 1 aliphatic rings. The van der Waals surface area contributed by atoms with E-state index < -0.39 is 6.67 Å². The standard InChI is InChI=1S/C6H9BrFNO/c7-5-3-9(4-5)6(10)1-2-8/h5H,1-4H2. The van der Waals surface area contributed by atoms with Crippen molar-refractivity contribution >= 4 is 21.8 Å². The van der Waals surface area contributed by atoms with Gasteiger partial charge in [-0.3, -0.25) is 9.18 Å². The number of likely N-dealkylation sites (tertiary alicyclic amines) is 1. The summed E-state index contributed by atoms with van der Waals surface area (Å²) in [5.74, 6) is -0.0711. The third kappa shape index (κ3) is 1.68. The molecule has 0 unspecified atom stereocenters. The van der Waals surface area contributed by atoms with Crippen molar-refractivity contribution in [3.63, 3.8) is 0 Å². The monoisotopic (exact) mass is 209 g/mol. The molecule has 1 rings (SSSR count). The van der Waals surface area contributed by atoms with E-state index in [1.165, 1.54) is 0 Å². The van der Waals surface area contributed by atoms with Crippen LogP contribution in [-0.4, -0.2) is 35.4 Å². The molecular formula is C6H9BrFNO. The average Bonchev–Trinajstić information content (AvgIpc) is 1.82. The van der Waals surface area contributed by atoms with Gasteiger partial charge in [0, 0.05) is 17.9 Å². The van der Waals surface area contributed by atoms with Crippen LogP contribution in [0.25, 0.3) is 0 Å². The molecule has 1 heterocycles. The van der Waals surface area contributed by atoms with E-state index in [1.807, 2.05) is 0 Å². The van der Waals surface area contributed by atoms with Gasteiger partial charge in [-0.1, -0.05) is 15.9 Å². The van der Waals surface area contributed by atoms with Crippen molar-refractivity contribution in [3.05, 3.63) is 0 Å². The molecule has 1 fully saturated rings. The van der Waals surface area contributed by atoms with Gasteiger partial charge in [-0.2, -0.15) is 0 Å². The van der Waals surface area contributed by atoms with Gasteiger partial charge in [0.25, 0.3) is 0 Å². The van der Waals surface area contributed by atoms with Crippen LogP contribution in [0.3, 0.4) is 0 Å². The van der Waals surface area contributed by atoms with Gasteiger partial charge < -0.3 is 4.90 Å². The van der Waals surface area contributed by atoms with E-state index in [0.717, 1.165) is 13.1 Å². The summed E-state index contributed by atoms with van der Waals surface area (Å²) >= 11 is 3.33. The minimum atomic E-state index is -0.539. The van der Waals surface area contributed by atoms with Gasteiger partial charge in [0.05, 0.1) is 13.1 Å². The Labute approximate surface area is 67.5 Å². The van der Waals surface area contributed by atoms with Crippen LogP contribution in [0.15, 0.2) is 0 Å². The lowest BCUT2D eigenvalue weighted by molar-refractivity contribution is -0.134. The maximum Gasteiger partial charge on any atom is 0.225 e. The molecule has 1 aliphatic heterocycles. The number of halogens is 2. The highest BCUT2D eigenvalue weighted by Gasteiger charge is 2.27. The lowest BCUT2D eigenvalue weighted by Gasteiger charge is -2.35. The van der Waals surface area contributed by atoms with Gasteiger partial charge >= 0.3 is 0 Å². The first kappa shape index (κ1) is 7.98. The molecule has 58 valence electrons. The largest absolute Gasteiger partial charge is 0.340 e. The van der Waals surface area contributed by atoms with Gasteiger partial charge in [-0.05, 0) is 0 Å². The first-order chi connectivity index (χ1) is 4.74. The van der Waals surface area contributed by atoms with Gasteiger partial charge in [-0.25, -0.2) is 0 Å². The Morgan fingerprint density at radius 1 is 1.70 bits per heavy atom. The second-order valence-electron chi connectivity index (χ2n) is 2.33. The highest BCUT2D eigenvalue weighted by atomic mass is 79.9. The number of hydrogen-bond donors (Lipinski definition) is 0. The second-order valence-corrected chi connectivity index (χ2v) is 3.63. The number of hydrogen-bond acceptors (Lipinski definition) is 1. The first-order valence-electron chi connectivity index (χ1n) is 3.22. The summed E-state index contributed by atoms with van der Waals surface area (Å²) in [4.78, 5) is 12.9. The number of carbonyl (C=O) groups is 1. The molecule has 0 aromatic heterocycles. The molecule has 1 saturated heterocycles. The molecule has 4 heteroatoms. The predicted octanol–water partition coefficient (Wildman–Crippen LogP) is 0.952. The van der Waals surface area contributed by atoms with Crippen LogP contribution in [0.2, 0.25) is 0 Å². The zero-order valence-corrected chi connectivity index (χ0v) is 7.10. The van der Waals surface area contributed by atoms with Crippen molar-refractivity contribution in [2.45, 2.75) is 11.2 Å². The number of rotatable bonds is 2. The van der Waals surface area contributed by atoms with Gasteiger partial charge in [0.2, 0.25) is 5.91 Å². The molecule has 0 saturated carbocycles. The molecule has 0 spiro atoms. The molecule has 2 nitrogen and oxygen atoms in total. The van der Waals surface area contributed by atoms with E-state index in [-0.39, 0.29) is 12.3 Å². The molecule has 1 amide bonds. The maximum absolute atomic E-state index is 11.6. The summed E-state index contributed by atoms with van der Waals surface area (Å²) in [5.41, 5.74) is 0. The fourth-order valence-corrected chi connectivity index (χ4v) is 1.57. The van der Waals surface area contributed by atoms with E-state index in [0.29, 0.717) is 4.83 Å². The summed E-state index contributed by atoms with van der Waals surface area (Å²) in [6.45, 7) is 0.931. The zero-order valence-electron chi connectivity index (χ0n) is 5.52. The fraction of sp³-hybridized carbons (Fsp3) is 0.833. The highest BCUT2D eigenvalue weighted by molar-refractivity contribution is 9.09.